The number of allylic oxidation sites excluding steroid dienone is 2. The number of hydrogen-bond acceptors (Lipinski definition) is 5. The minimum absolute atomic E-state index is 0.0279. The van der Waals surface area contributed by atoms with Gasteiger partial charge in [-0.25, -0.2) is 4.79 Å². The highest BCUT2D eigenvalue weighted by Crippen LogP contribution is 2.35. The van der Waals surface area contributed by atoms with Crippen LogP contribution < -0.4 is 5.32 Å². The number of nitrogens with one attached hydrogen (secondary N) is 1. The highest BCUT2D eigenvalue weighted by atomic mass is 16.5. The van der Waals surface area contributed by atoms with E-state index in [1.54, 1.807) is 24.3 Å². The van der Waals surface area contributed by atoms with E-state index in [1.165, 1.54) is 12.0 Å². The average Bonchev–Trinajstić information content (AvgIpc) is 2.91. The summed E-state index contributed by atoms with van der Waals surface area (Å²) in [6, 6.07) is 6.50. The van der Waals surface area contributed by atoms with Gasteiger partial charge in [0.15, 0.2) is 0 Å². The second-order valence-corrected chi connectivity index (χ2v) is 6.32. The molecule has 2 atom stereocenters. The van der Waals surface area contributed by atoms with Crippen molar-refractivity contribution in [3.05, 3.63) is 42.0 Å². The molecule has 0 spiro atoms. The molecule has 26 heavy (non-hydrogen) atoms. The fourth-order valence-corrected chi connectivity index (χ4v) is 3.40. The quantitative estimate of drug-likeness (QED) is 0.493. The summed E-state index contributed by atoms with van der Waals surface area (Å²) >= 11 is 0. The highest BCUT2D eigenvalue weighted by molar-refractivity contribution is 6.06. The van der Waals surface area contributed by atoms with Gasteiger partial charge in [-0.1, -0.05) is 24.3 Å². The first kappa shape index (κ1) is 17.8. The van der Waals surface area contributed by atoms with Crippen molar-refractivity contribution in [3.8, 4) is 0 Å². The SMILES string of the molecule is COC(=O)c1ccccc1NC(=O)CCN1C(=O)[C@@H]2CC=CC[C@H]2C1=O. The summed E-state index contributed by atoms with van der Waals surface area (Å²) in [5.74, 6) is -1.93. The molecule has 1 aromatic rings. The van der Waals surface area contributed by atoms with Crippen molar-refractivity contribution in [2.24, 2.45) is 11.8 Å². The van der Waals surface area contributed by atoms with Crippen LogP contribution in [0.5, 0.6) is 0 Å². The first-order chi connectivity index (χ1) is 12.5. The molecule has 7 nitrogen and oxygen atoms in total. The molecule has 0 radical (unpaired) electrons. The number of imide groups is 1. The molecule has 3 rings (SSSR count). The Hall–Kier alpha value is -2.96. The van der Waals surface area contributed by atoms with E-state index < -0.39 is 5.97 Å². The Balaban J connectivity index is 1.61. The number of carbonyl (C=O) groups is 4. The number of amides is 3. The maximum Gasteiger partial charge on any atom is 0.339 e. The van der Waals surface area contributed by atoms with Crippen LogP contribution in [0, 0.1) is 11.8 Å². The van der Waals surface area contributed by atoms with Crippen molar-refractivity contribution in [1.29, 1.82) is 0 Å². The van der Waals surface area contributed by atoms with E-state index in [0.717, 1.165) is 0 Å². The molecule has 1 heterocycles. The molecule has 136 valence electrons. The molecule has 7 heteroatoms. The normalized spacial score (nSPS) is 21.5. The molecular formula is C19H20N2O5. The number of methoxy groups -OCH3 is 1. The Morgan fingerprint density at radius 1 is 1.12 bits per heavy atom. The van der Waals surface area contributed by atoms with E-state index in [0.29, 0.717) is 18.5 Å². The van der Waals surface area contributed by atoms with Crippen LogP contribution in [0.3, 0.4) is 0 Å². The minimum Gasteiger partial charge on any atom is -0.465 e. The van der Waals surface area contributed by atoms with E-state index in [1.807, 2.05) is 12.2 Å². The molecule has 2 aliphatic rings. The van der Waals surface area contributed by atoms with Crippen LogP contribution in [0.15, 0.2) is 36.4 Å². The number of para-hydroxylation sites is 1. The number of hydrogen-bond donors (Lipinski definition) is 1. The Bertz CT molecular complexity index is 760. The lowest BCUT2D eigenvalue weighted by atomic mass is 9.85. The third-order valence-corrected chi connectivity index (χ3v) is 4.77. The summed E-state index contributed by atoms with van der Waals surface area (Å²) in [7, 11) is 1.26. The van der Waals surface area contributed by atoms with Crippen molar-refractivity contribution >= 4 is 29.4 Å². The first-order valence-corrected chi connectivity index (χ1v) is 8.50. The van der Waals surface area contributed by atoms with Crippen molar-refractivity contribution in [3.63, 3.8) is 0 Å². The Kier molecular flexibility index (Phi) is 5.16. The van der Waals surface area contributed by atoms with Gasteiger partial charge in [0.2, 0.25) is 17.7 Å². The first-order valence-electron chi connectivity index (χ1n) is 8.50. The molecule has 1 saturated heterocycles. The third kappa shape index (κ3) is 3.37. The standard InChI is InChI=1S/C19H20N2O5/c1-26-19(25)14-8-4-5-9-15(14)20-16(22)10-11-21-17(23)12-6-2-3-7-13(12)18(21)24/h2-5,8-9,12-13H,6-7,10-11H2,1H3,(H,20,22)/t12-,13-/m1/s1. The molecular weight excluding hydrogens is 336 g/mol. The maximum absolute atomic E-state index is 12.4. The van der Waals surface area contributed by atoms with Crippen LogP contribution in [-0.4, -0.2) is 42.2 Å². The molecule has 1 fully saturated rings. The van der Waals surface area contributed by atoms with Crippen molar-refractivity contribution in [1.82, 2.24) is 4.90 Å². The van der Waals surface area contributed by atoms with Gasteiger partial charge >= 0.3 is 5.97 Å². The van der Waals surface area contributed by atoms with E-state index in [2.05, 4.69) is 10.1 Å². The van der Waals surface area contributed by atoms with Gasteiger partial charge in [0, 0.05) is 13.0 Å². The number of anilines is 1. The fourth-order valence-electron chi connectivity index (χ4n) is 3.40. The van der Waals surface area contributed by atoms with E-state index in [9.17, 15) is 19.2 Å². The predicted octanol–water partition coefficient (Wildman–Crippen LogP) is 1.75. The molecule has 1 aliphatic carbocycles. The van der Waals surface area contributed by atoms with E-state index >= 15 is 0 Å². The third-order valence-electron chi connectivity index (χ3n) is 4.77. The topological polar surface area (TPSA) is 92.8 Å². The van der Waals surface area contributed by atoms with Crippen LogP contribution in [0.2, 0.25) is 0 Å². The summed E-state index contributed by atoms with van der Waals surface area (Å²) < 4.78 is 4.69. The largest absolute Gasteiger partial charge is 0.465 e. The number of fused-ring (bicyclic) bond motifs is 1. The van der Waals surface area contributed by atoms with Gasteiger partial charge in [-0.2, -0.15) is 0 Å². The zero-order valence-electron chi connectivity index (χ0n) is 14.4. The molecule has 3 amide bonds. The number of ether oxygens (including phenoxy) is 1. The number of esters is 1. The molecule has 0 bridgehead atoms. The molecule has 1 aliphatic heterocycles. The van der Waals surface area contributed by atoms with Crippen LogP contribution in [0.25, 0.3) is 0 Å². The average molecular weight is 356 g/mol. The highest BCUT2D eigenvalue weighted by Gasteiger charge is 2.46. The van der Waals surface area contributed by atoms with Gasteiger partial charge in [-0.05, 0) is 25.0 Å². The zero-order chi connectivity index (χ0) is 18.7. The maximum atomic E-state index is 12.4. The van der Waals surface area contributed by atoms with Gasteiger partial charge in [0.05, 0.1) is 30.2 Å². The molecule has 0 saturated carbocycles. The Morgan fingerprint density at radius 3 is 2.35 bits per heavy atom. The fraction of sp³-hybridized carbons (Fsp3) is 0.368. The lowest BCUT2D eigenvalue weighted by Crippen LogP contribution is -2.34. The number of nitrogens with zero attached hydrogens (tertiary/aromatic N) is 1. The summed E-state index contributed by atoms with van der Waals surface area (Å²) in [6.45, 7) is 0.0386. The number of benzene rings is 1. The number of likely N-dealkylation sites (tertiary alicyclic amines) is 1. The lowest BCUT2D eigenvalue weighted by Gasteiger charge is -2.15. The summed E-state index contributed by atoms with van der Waals surface area (Å²) in [6.07, 6.45) is 4.97. The van der Waals surface area contributed by atoms with Crippen molar-refractivity contribution < 1.29 is 23.9 Å². The molecule has 0 unspecified atom stereocenters. The van der Waals surface area contributed by atoms with E-state index in [-0.39, 0.29) is 48.1 Å². The lowest BCUT2D eigenvalue weighted by molar-refractivity contribution is -0.140. The zero-order valence-corrected chi connectivity index (χ0v) is 14.4. The van der Waals surface area contributed by atoms with Crippen LogP contribution in [0.4, 0.5) is 5.69 Å². The van der Waals surface area contributed by atoms with Gasteiger partial charge in [-0.3, -0.25) is 19.3 Å². The van der Waals surface area contributed by atoms with Crippen LogP contribution in [-0.2, 0) is 19.1 Å². The van der Waals surface area contributed by atoms with Crippen LogP contribution >= 0.6 is 0 Å². The number of rotatable bonds is 5. The monoisotopic (exact) mass is 356 g/mol. The molecule has 1 aromatic carbocycles. The Labute approximate surface area is 151 Å². The molecule has 0 aromatic heterocycles. The van der Waals surface area contributed by atoms with Gasteiger partial charge in [0.25, 0.3) is 0 Å². The molecule has 1 N–H and O–H groups in total. The summed E-state index contributed by atoms with van der Waals surface area (Å²) in [5, 5.41) is 2.64. The minimum atomic E-state index is -0.553. The van der Waals surface area contributed by atoms with Crippen molar-refractivity contribution in [2.45, 2.75) is 19.3 Å². The van der Waals surface area contributed by atoms with Crippen molar-refractivity contribution in [2.75, 3.05) is 19.0 Å². The van der Waals surface area contributed by atoms with Gasteiger partial charge < -0.3 is 10.1 Å². The van der Waals surface area contributed by atoms with E-state index in [4.69, 9.17) is 0 Å². The second kappa shape index (κ2) is 7.51. The van der Waals surface area contributed by atoms with Gasteiger partial charge in [0.1, 0.15) is 0 Å². The smallest absolute Gasteiger partial charge is 0.339 e. The predicted molar refractivity (Wildman–Crippen MR) is 93.1 cm³/mol. The summed E-state index contributed by atoms with van der Waals surface area (Å²) in [5.41, 5.74) is 0.579. The van der Waals surface area contributed by atoms with Gasteiger partial charge in [-0.15, -0.1) is 0 Å². The Morgan fingerprint density at radius 2 is 1.73 bits per heavy atom. The summed E-state index contributed by atoms with van der Waals surface area (Å²) in [4.78, 5) is 49.9. The van der Waals surface area contributed by atoms with Crippen LogP contribution in [0.1, 0.15) is 29.6 Å². The number of carbonyl (C=O) groups excluding carboxylic acids is 4. The second-order valence-electron chi connectivity index (χ2n) is 6.32.